The zero-order chi connectivity index (χ0) is 17.7. The highest BCUT2D eigenvalue weighted by Gasteiger charge is 2.31. The van der Waals surface area contributed by atoms with E-state index in [1.54, 1.807) is 25.7 Å². The van der Waals surface area contributed by atoms with Crippen molar-refractivity contribution in [2.45, 2.75) is 57.7 Å². The van der Waals surface area contributed by atoms with Gasteiger partial charge in [0, 0.05) is 6.54 Å². The third kappa shape index (κ3) is 4.96. The molecule has 1 aliphatic rings. The van der Waals surface area contributed by atoms with Crippen LogP contribution in [0.1, 0.15) is 51.6 Å². The Balaban J connectivity index is 2.06. The summed E-state index contributed by atoms with van der Waals surface area (Å²) in [6, 6.07) is 3.23. The summed E-state index contributed by atoms with van der Waals surface area (Å²) in [4.78, 5) is 26.3. The summed E-state index contributed by atoms with van der Waals surface area (Å²) in [5.74, 6) is -0.119. The molecule has 0 bridgehead atoms. The van der Waals surface area contributed by atoms with Crippen LogP contribution in [0.25, 0.3) is 0 Å². The number of alkyl carbamates (subject to hydrolysis) is 1. The molecular weight excluding hydrogens is 326 g/mol. The lowest BCUT2D eigenvalue weighted by Gasteiger charge is -2.25. The van der Waals surface area contributed by atoms with Crippen molar-refractivity contribution in [2.24, 2.45) is 0 Å². The van der Waals surface area contributed by atoms with Gasteiger partial charge in [0.25, 0.3) is 0 Å². The van der Waals surface area contributed by atoms with Gasteiger partial charge >= 0.3 is 6.09 Å². The first-order valence-electron chi connectivity index (χ1n) is 8.01. The molecule has 1 fully saturated rings. The van der Waals surface area contributed by atoms with E-state index in [0.717, 1.165) is 12.0 Å². The number of rotatable bonds is 4. The number of nitrogens with zero attached hydrogens (tertiary/aromatic N) is 2. The fourth-order valence-corrected chi connectivity index (χ4v) is 3.38. The van der Waals surface area contributed by atoms with E-state index in [-0.39, 0.29) is 18.4 Å². The molecule has 2 rings (SSSR count). The van der Waals surface area contributed by atoms with Crippen molar-refractivity contribution in [3.63, 3.8) is 0 Å². The standard InChI is InChI=1S/C17H23N3O3S/c1-17(2,3)23-16(22)19-14(12-6-8-24-11-12)9-15(21)20-7-4-5-13(20)10-18/h6,8,11,13-14H,4-5,7,9H2,1-3H3,(H,19,22). The molecule has 2 heterocycles. The number of amides is 2. The molecule has 1 N–H and O–H groups in total. The Morgan fingerprint density at radius 2 is 2.29 bits per heavy atom. The van der Waals surface area contributed by atoms with E-state index >= 15 is 0 Å². The van der Waals surface area contributed by atoms with E-state index in [4.69, 9.17) is 10.00 Å². The van der Waals surface area contributed by atoms with Gasteiger partial charge < -0.3 is 15.0 Å². The smallest absolute Gasteiger partial charge is 0.408 e. The van der Waals surface area contributed by atoms with E-state index in [9.17, 15) is 9.59 Å². The van der Waals surface area contributed by atoms with Gasteiger partial charge in [-0.25, -0.2) is 4.79 Å². The van der Waals surface area contributed by atoms with Crippen molar-refractivity contribution >= 4 is 23.3 Å². The van der Waals surface area contributed by atoms with E-state index in [1.807, 2.05) is 16.8 Å². The number of carbonyl (C=O) groups is 2. The van der Waals surface area contributed by atoms with Crippen LogP contribution in [0, 0.1) is 11.3 Å². The highest BCUT2D eigenvalue weighted by atomic mass is 32.1. The molecule has 0 aromatic carbocycles. The second-order valence-electron chi connectivity index (χ2n) is 6.83. The van der Waals surface area contributed by atoms with Gasteiger partial charge in [-0.3, -0.25) is 4.79 Å². The maximum atomic E-state index is 12.6. The van der Waals surface area contributed by atoms with Gasteiger partial charge in [0.15, 0.2) is 0 Å². The summed E-state index contributed by atoms with van der Waals surface area (Å²) >= 11 is 1.50. The van der Waals surface area contributed by atoms with Crippen LogP contribution >= 0.6 is 11.3 Å². The Hall–Kier alpha value is -2.07. The average Bonchev–Trinajstić information content (AvgIpc) is 3.15. The quantitative estimate of drug-likeness (QED) is 0.905. The zero-order valence-corrected chi connectivity index (χ0v) is 15.1. The molecule has 1 saturated heterocycles. The number of hydrogen-bond donors (Lipinski definition) is 1. The van der Waals surface area contributed by atoms with E-state index < -0.39 is 17.7 Å². The van der Waals surface area contributed by atoms with E-state index in [1.165, 1.54) is 11.3 Å². The maximum absolute atomic E-state index is 12.6. The SMILES string of the molecule is CC(C)(C)OC(=O)NC(CC(=O)N1CCCC1C#N)c1ccsc1. The van der Waals surface area contributed by atoms with Crippen molar-refractivity contribution in [2.75, 3.05) is 6.54 Å². The minimum absolute atomic E-state index is 0.119. The van der Waals surface area contributed by atoms with Gasteiger partial charge in [-0.05, 0) is 56.0 Å². The normalized spacial score (nSPS) is 18.8. The molecule has 2 amide bonds. The van der Waals surface area contributed by atoms with Gasteiger partial charge in [-0.2, -0.15) is 16.6 Å². The van der Waals surface area contributed by atoms with Crippen LogP contribution in [0.2, 0.25) is 0 Å². The van der Waals surface area contributed by atoms with Crippen LogP contribution in [0.3, 0.4) is 0 Å². The summed E-state index contributed by atoms with van der Waals surface area (Å²) in [5, 5.41) is 15.7. The molecule has 2 atom stereocenters. The molecule has 0 saturated carbocycles. The molecule has 7 heteroatoms. The molecule has 6 nitrogen and oxygen atoms in total. The summed E-state index contributed by atoms with van der Waals surface area (Å²) in [6.45, 7) is 5.97. The Bertz CT molecular complexity index is 616. The van der Waals surface area contributed by atoms with Gasteiger partial charge in [0.05, 0.1) is 18.5 Å². The lowest BCUT2D eigenvalue weighted by molar-refractivity contribution is -0.131. The Labute approximate surface area is 146 Å². The average molecular weight is 349 g/mol. The minimum Gasteiger partial charge on any atom is -0.444 e. The number of carbonyl (C=O) groups excluding carboxylic acids is 2. The van der Waals surface area contributed by atoms with Crippen molar-refractivity contribution < 1.29 is 14.3 Å². The summed E-state index contributed by atoms with van der Waals surface area (Å²) in [6.07, 6.45) is 1.12. The first-order valence-corrected chi connectivity index (χ1v) is 8.95. The lowest BCUT2D eigenvalue weighted by Crippen LogP contribution is -2.40. The Morgan fingerprint density at radius 1 is 1.54 bits per heavy atom. The minimum atomic E-state index is -0.603. The first-order chi connectivity index (χ1) is 11.3. The molecule has 1 aromatic rings. The van der Waals surface area contributed by atoms with Crippen LogP contribution in [0.15, 0.2) is 16.8 Å². The van der Waals surface area contributed by atoms with Gasteiger partial charge in [-0.15, -0.1) is 0 Å². The number of ether oxygens (including phenoxy) is 1. The first kappa shape index (κ1) is 18.3. The molecule has 2 unspecified atom stereocenters. The molecule has 1 aliphatic heterocycles. The Morgan fingerprint density at radius 3 is 2.88 bits per heavy atom. The van der Waals surface area contributed by atoms with E-state index in [0.29, 0.717) is 13.0 Å². The molecule has 24 heavy (non-hydrogen) atoms. The van der Waals surface area contributed by atoms with Crippen molar-refractivity contribution in [1.29, 1.82) is 5.26 Å². The van der Waals surface area contributed by atoms with Crippen LogP contribution < -0.4 is 5.32 Å². The van der Waals surface area contributed by atoms with Crippen LogP contribution in [-0.2, 0) is 9.53 Å². The van der Waals surface area contributed by atoms with Crippen molar-refractivity contribution in [3.05, 3.63) is 22.4 Å². The van der Waals surface area contributed by atoms with Gasteiger partial charge in [0.1, 0.15) is 11.6 Å². The van der Waals surface area contributed by atoms with Gasteiger partial charge in [-0.1, -0.05) is 0 Å². The topological polar surface area (TPSA) is 82.4 Å². The number of nitriles is 1. The predicted molar refractivity (Wildman–Crippen MR) is 91.4 cm³/mol. The van der Waals surface area contributed by atoms with Crippen molar-refractivity contribution in [3.8, 4) is 6.07 Å². The molecular formula is C17H23N3O3S. The molecule has 1 aromatic heterocycles. The highest BCUT2D eigenvalue weighted by Crippen LogP contribution is 2.24. The fraction of sp³-hybridized carbons (Fsp3) is 0.588. The second kappa shape index (κ2) is 7.67. The summed E-state index contributed by atoms with van der Waals surface area (Å²) in [5.41, 5.74) is 0.264. The van der Waals surface area contributed by atoms with Crippen LogP contribution in [-0.4, -0.2) is 35.1 Å². The second-order valence-corrected chi connectivity index (χ2v) is 7.61. The highest BCUT2D eigenvalue weighted by molar-refractivity contribution is 7.08. The number of likely N-dealkylation sites (tertiary alicyclic amines) is 1. The molecule has 0 aliphatic carbocycles. The maximum Gasteiger partial charge on any atom is 0.408 e. The van der Waals surface area contributed by atoms with Crippen molar-refractivity contribution in [1.82, 2.24) is 10.2 Å². The molecule has 0 radical (unpaired) electrons. The predicted octanol–water partition coefficient (Wildman–Crippen LogP) is 3.22. The van der Waals surface area contributed by atoms with Crippen LogP contribution in [0.4, 0.5) is 4.79 Å². The number of hydrogen-bond acceptors (Lipinski definition) is 5. The zero-order valence-electron chi connectivity index (χ0n) is 14.2. The third-order valence-corrected chi connectivity index (χ3v) is 4.44. The fourth-order valence-electron chi connectivity index (χ4n) is 2.67. The lowest BCUT2D eigenvalue weighted by atomic mass is 10.1. The largest absolute Gasteiger partial charge is 0.444 e. The number of thiophene rings is 1. The van der Waals surface area contributed by atoms with Gasteiger partial charge in [0.2, 0.25) is 5.91 Å². The monoisotopic (exact) mass is 349 g/mol. The molecule has 130 valence electrons. The number of nitrogens with one attached hydrogen (secondary N) is 1. The summed E-state index contributed by atoms with van der Waals surface area (Å²) < 4.78 is 5.29. The van der Waals surface area contributed by atoms with Crippen LogP contribution in [0.5, 0.6) is 0 Å². The molecule has 0 spiro atoms. The Kier molecular flexibility index (Phi) is 5.84. The summed E-state index contributed by atoms with van der Waals surface area (Å²) in [7, 11) is 0. The van der Waals surface area contributed by atoms with E-state index in [2.05, 4.69) is 11.4 Å². The third-order valence-electron chi connectivity index (χ3n) is 3.74.